The molecule has 6 saturated heterocycles. The van der Waals surface area contributed by atoms with Gasteiger partial charge >= 0.3 is 46.7 Å². The van der Waals surface area contributed by atoms with E-state index in [4.69, 9.17) is 58.2 Å². The first-order valence-corrected chi connectivity index (χ1v) is 35.1. The lowest BCUT2D eigenvalue weighted by molar-refractivity contribution is -0.185. The Bertz CT molecular complexity index is 3120. The van der Waals surface area contributed by atoms with Gasteiger partial charge in [0.2, 0.25) is 12.2 Å². The van der Waals surface area contributed by atoms with Crippen LogP contribution in [0, 0.1) is 23.7 Å². The second kappa shape index (κ2) is 39.7. The lowest BCUT2D eigenvalue weighted by Crippen LogP contribution is -2.35. The molecule has 1 unspecified atom stereocenters. The lowest BCUT2D eigenvalue weighted by Gasteiger charge is -2.27. The molecule has 6 fully saturated rings. The number of aromatic amines is 1. The van der Waals surface area contributed by atoms with Gasteiger partial charge in [-0.05, 0) is 152 Å². The van der Waals surface area contributed by atoms with Crippen molar-refractivity contribution in [3.05, 3.63) is 56.5 Å². The molecule has 0 radical (unpaired) electrons. The van der Waals surface area contributed by atoms with Crippen LogP contribution in [0.4, 0.5) is 19.1 Å². The smallest absolute Gasteiger partial charge is 0.331 e. The standard InChI is InChI=1S/C14H19FN4O3S.C11H19FO3.C10H16O4.C9H15FO2.C9H16O3.C6H10O2.C6H8O2.C5H6O3/c1-4-6-5-7(14(2,3)15)11(22-6)19-9-8(23-13(19)21)10(20)18-12(16)17-9;1-5-8-6-9(11(3,4)12)10(15-8)14-7(2)13;1-4-12-9(11)6-5-8-7-13-10(2,3)14-8;1-4-6-5-7(8(11)12-6)9(2,3)10;1-4-6-5-7(8(10)12-6)9(2,3)11;2*1-2-5-3-4-6(7)8-5;6-3-4-1-2-5(7)8-4/h6-7,11H,4-5H2,1-3H3,(H3,16,17,18,20);8-10H,5-6H2,1-4H3;5-6,8H,4,7H2,1-3H3;6-7H,4-5H2,1-3H3;6-7,11H,4-5H2,1-3H3;5H,2-4H2,1H3;3-5H,2H2,1H3;1-2,4,6H,3H2/b;;6-5-;;;;;/t6-,7-,11-;8-,9-,10?;8-;2*6-,7-;2*5-;4-/m11011110/s1. The summed E-state index contributed by atoms with van der Waals surface area (Å²) in [5, 5.41) is 18.0. The van der Waals surface area contributed by atoms with Crippen molar-refractivity contribution in [2.45, 2.75) is 291 Å². The molecule has 2 aromatic rings. The second-order valence-corrected chi connectivity index (χ2v) is 28.3. The van der Waals surface area contributed by atoms with Crippen molar-refractivity contribution in [3.63, 3.8) is 0 Å². The summed E-state index contributed by atoms with van der Waals surface area (Å²) in [4.78, 5) is 105. The number of esters is 7. The van der Waals surface area contributed by atoms with Crippen molar-refractivity contribution < 1.29 is 109 Å². The molecule has 0 saturated carbocycles. The van der Waals surface area contributed by atoms with Crippen molar-refractivity contribution in [2.24, 2.45) is 23.7 Å². The molecule has 5 N–H and O–H groups in total. The van der Waals surface area contributed by atoms with Gasteiger partial charge in [0, 0.05) is 50.3 Å². The topological polar surface area (TPSA) is 355 Å². The van der Waals surface area contributed by atoms with Crippen LogP contribution in [0.15, 0.2) is 46.0 Å². The third-order valence-corrected chi connectivity index (χ3v) is 17.9. The van der Waals surface area contributed by atoms with E-state index in [1.807, 2.05) is 55.4 Å². The van der Waals surface area contributed by atoms with Crippen LogP contribution in [0.5, 0.6) is 0 Å². The molecular weight excluding hydrogens is 1340 g/mol. The van der Waals surface area contributed by atoms with Crippen LogP contribution in [0.2, 0.25) is 0 Å². The van der Waals surface area contributed by atoms with E-state index in [2.05, 4.69) is 14.7 Å². The summed E-state index contributed by atoms with van der Waals surface area (Å²) in [6, 6.07) is 0. The van der Waals surface area contributed by atoms with Crippen molar-refractivity contribution in [1.82, 2.24) is 14.5 Å². The Balaban J connectivity index is 0.000000305. The van der Waals surface area contributed by atoms with Crippen LogP contribution in [0.25, 0.3) is 10.3 Å². The molecule has 10 rings (SSSR count). The van der Waals surface area contributed by atoms with E-state index in [0.29, 0.717) is 45.3 Å². The Labute approximate surface area is 587 Å². The van der Waals surface area contributed by atoms with E-state index < -0.39 is 75.3 Å². The Kier molecular flexibility index (Phi) is 34.8. The van der Waals surface area contributed by atoms with Gasteiger partial charge in [-0.25, -0.2) is 27.6 Å². The summed E-state index contributed by atoms with van der Waals surface area (Å²) in [5.74, 6) is -4.45. The summed E-state index contributed by atoms with van der Waals surface area (Å²) < 4.78 is 99.3. The van der Waals surface area contributed by atoms with Crippen LogP contribution in [0.3, 0.4) is 0 Å². The largest absolute Gasteiger partial charge is 0.463 e. The van der Waals surface area contributed by atoms with Gasteiger partial charge in [0.15, 0.2) is 11.4 Å². The fraction of sp³-hybridized carbons (Fsp3) is 0.743. The van der Waals surface area contributed by atoms with Crippen molar-refractivity contribution >= 4 is 69.4 Å². The number of nitrogens with one attached hydrogen (secondary N) is 1. The highest BCUT2D eigenvalue weighted by atomic mass is 32.1. The van der Waals surface area contributed by atoms with Crippen molar-refractivity contribution in [3.8, 4) is 0 Å². The van der Waals surface area contributed by atoms with Crippen molar-refractivity contribution in [1.29, 1.82) is 0 Å². The van der Waals surface area contributed by atoms with Gasteiger partial charge in [0.05, 0.1) is 55.4 Å². The second-order valence-electron chi connectivity index (χ2n) is 27.4. The van der Waals surface area contributed by atoms with Crippen LogP contribution < -0.4 is 16.2 Å². The number of aliphatic hydroxyl groups is 2. The number of hydrogen-bond donors (Lipinski definition) is 4. The zero-order valence-electron chi connectivity index (χ0n) is 61.2. The minimum absolute atomic E-state index is 0.00521. The van der Waals surface area contributed by atoms with Gasteiger partial charge < -0.3 is 68.1 Å². The number of cyclic esters (lactones) is 5. The van der Waals surface area contributed by atoms with Gasteiger partial charge in [-0.3, -0.25) is 38.3 Å². The predicted molar refractivity (Wildman–Crippen MR) is 364 cm³/mol. The number of aromatic nitrogens is 3. The Morgan fingerprint density at radius 1 is 0.710 bits per heavy atom. The zero-order chi connectivity index (χ0) is 75.8. The summed E-state index contributed by atoms with van der Waals surface area (Å²) in [5.41, 5.74) is -0.0485. The molecule has 14 atom stereocenters. The number of nitrogen functional groups attached to an aromatic ring is 1. The predicted octanol–water partition coefficient (Wildman–Crippen LogP) is 10.1. The van der Waals surface area contributed by atoms with E-state index in [9.17, 15) is 61.4 Å². The normalized spacial score (nSPS) is 27.9. The number of aliphatic hydroxyl groups excluding tert-OH is 1. The average Bonchev–Trinajstić information content (AvgIpc) is 1.60. The highest BCUT2D eigenvalue weighted by Gasteiger charge is 2.48. The van der Waals surface area contributed by atoms with E-state index in [1.165, 1.54) is 77.3 Å². The first kappa shape index (κ1) is 87.6. The van der Waals surface area contributed by atoms with Gasteiger partial charge in [0.25, 0.3) is 5.56 Å². The minimum atomic E-state index is -1.53. The van der Waals surface area contributed by atoms with Gasteiger partial charge in [0.1, 0.15) is 64.6 Å². The number of rotatable bonds is 16. The van der Waals surface area contributed by atoms with Crippen LogP contribution >= 0.6 is 11.3 Å². The molecule has 0 aliphatic carbocycles. The number of H-pyrrole nitrogens is 1. The number of anilines is 1. The molecule has 100 heavy (non-hydrogen) atoms. The Hall–Kier alpha value is -6.57. The van der Waals surface area contributed by atoms with Gasteiger partial charge in [-0.15, -0.1) is 0 Å². The van der Waals surface area contributed by atoms with Gasteiger partial charge in [-0.1, -0.05) is 52.9 Å². The number of nitrogens with zero attached hydrogens (tertiary/aromatic N) is 2. The Morgan fingerprint density at radius 2 is 1.23 bits per heavy atom. The molecule has 0 aromatic carbocycles. The molecule has 8 aliphatic heterocycles. The number of nitrogens with two attached hydrogens (primary N) is 1. The monoisotopic (exact) mass is 1450 g/mol. The number of carbonyl (C=O) groups is 7. The minimum Gasteiger partial charge on any atom is -0.463 e. The number of carbonyl (C=O) groups excluding carboxylic acids is 7. The number of thiazole rings is 1. The summed E-state index contributed by atoms with van der Waals surface area (Å²) in [6.45, 7) is 31.4. The maximum Gasteiger partial charge on any atom is 0.331 e. The number of alkyl halides is 3. The van der Waals surface area contributed by atoms with Crippen LogP contribution in [-0.2, 0) is 85.7 Å². The number of ether oxygens (including phenoxy) is 11. The third-order valence-electron chi connectivity index (χ3n) is 17.0. The summed E-state index contributed by atoms with van der Waals surface area (Å²) in [7, 11) is 0. The highest BCUT2D eigenvalue weighted by molar-refractivity contribution is 7.16. The lowest BCUT2D eigenvalue weighted by atomic mass is 9.88. The molecular formula is C70H109F3N4O22S. The van der Waals surface area contributed by atoms with E-state index >= 15 is 0 Å². The summed E-state index contributed by atoms with van der Waals surface area (Å²) in [6.07, 6.45) is 15.9. The first-order chi connectivity index (χ1) is 46.5. The molecule has 26 nitrogen and oxygen atoms in total. The molecule has 2 aromatic heterocycles. The fourth-order valence-corrected chi connectivity index (χ4v) is 11.9. The third kappa shape index (κ3) is 28.7. The molecule has 568 valence electrons. The molecule has 30 heteroatoms. The average molecular weight is 1450 g/mol. The van der Waals surface area contributed by atoms with Gasteiger partial charge in [-0.2, -0.15) is 4.98 Å². The van der Waals surface area contributed by atoms with E-state index in [0.717, 1.165) is 56.3 Å². The first-order valence-electron chi connectivity index (χ1n) is 34.3. The number of halogens is 3. The SMILES string of the molecule is CCOC(=O)/C=C\[C@H]1COC(C)(C)O1.CC[C@@H]1C=CC(=O)O1.CC[C@@H]1CCC(=O)O1.CC[C@@H]1C[C@@H](C(C)(C)F)C(=O)O1.CC[C@@H]1C[C@@H](C(C)(C)F)C(OC(C)=O)O1.CC[C@@H]1C[C@@H](C(C)(C)F)[C@H](n2c(=O)sc3c(=O)[nH]c(N)nc32)O1.CC[C@@H]1C[C@@H](C(C)(C)O)C(=O)O1.O=C1C=C[C@@H](CO)O1. The quantitative estimate of drug-likeness (QED) is 0.0689. The molecule has 0 amide bonds. The number of hydrogen-bond acceptors (Lipinski definition) is 25. The zero-order valence-corrected chi connectivity index (χ0v) is 62.0. The maximum absolute atomic E-state index is 14.6. The molecule has 0 spiro atoms. The van der Waals surface area contributed by atoms with E-state index in [-0.39, 0.29) is 113 Å². The van der Waals surface area contributed by atoms with E-state index in [1.54, 1.807) is 32.9 Å². The number of fused-ring (bicyclic) bond motifs is 1. The fourth-order valence-electron chi connectivity index (χ4n) is 11.1. The van der Waals surface area contributed by atoms with Crippen molar-refractivity contribution in [2.75, 3.05) is 25.6 Å². The maximum atomic E-state index is 14.6. The van der Waals surface area contributed by atoms with Crippen LogP contribution in [-0.4, -0.2) is 170 Å². The Morgan fingerprint density at radius 3 is 1.60 bits per heavy atom. The molecule has 10 heterocycles. The highest BCUT2D eigenvalue weighted by Crippen LogP contribution is 2.45. The van der Waals surface area contributed by atoms with Crippen LogP contribution in [0.1, 0.15) is 208 Å². The molecule has 0 bridgehead atoms. The molecule has 8 aliphatic rings. The summed E-state index contributed by atoms with van der Waals surface area (Å²) >= 11 is 0.766.